The standard InChI is InChI=1S/C21H24N2O4/c1-13-12-23(8-9-26-13)14(2)21(24)22-17-11-19-16(10-20(17)25-3)15-6-4-5-7-18(15)27-19/h4-7,10-11,13-14H,8-9,12H2,1-3H3,(H,22,24)/t13-,14-/m1/s1. The highest BCUT2D eigenvalue weighted by molar-refractivity contribution is 6.08. The molecule has 2 atom stereocenters. The van der Waals surface area contributed by atoms with Gasteiger partial charge in [0.1, 0.15) is 16.9 Å². The fourth-order valence-corrected chi connectivity index (χ4v) is 3.62. The summed E-state index contributed by atoms with van der Waals surface area (Å²) < 4.78 is 17.0. The van der Waals surface area contributed by atoms with Gasteiger partial charge >= 0.3 is 0 Å². The second kappa shape index (κ2) is 7.21. The van der Waals surface area contributed by atoms with Gasteiger partial charge in [0.05, 0.1) is 31.5 Å². The number of para-hydroxylation sites is 1. The molecule has 0 bridgehead atoms. The molecule has 0 spiro atoms. The minimum Gasteiger partial charge on any atom is -0.495 e. The number of furan rings is 1. The van der Waals surface area contributed by atoms with Crippen LogP contribution >= 0.6 is 0 Å². The van der Waals surface area contributed by atoms with Crippen LogP contribution in [0.5, 0.6) is 5.75 Å². The third-order valence-electron chi connectivity index (χ3n) is 5.16. The highest BCUT2D eigenvalue weighted by atomic mass is 16.5. The van der Waals surface area contributed by atoms with Crippen molar-refractivity contribution in [1.29, 1.82) is 0 Å². The van der Waals surface area contributed by atoms with Gasteiger partial charge in [0, 0.05) is 29.9 Å². The summed E-state index contributed by atoms with van der Waals surface area (Å²) in [7, 11) is 1.60. The van der Waals surface area contributed by atoms with Gasteiger partial charge in [-0.15, -0.1) is 0 Å². The molecule has 0 radical (unpaired) electrons. The van der Waals surface area contributed by atoms with Gasteiger partial charge in [-0.1, -0.05) is 18.2 Å². The molecule has 6 nitrogen and oxygen atoms in total. The van der Waals surface area contributed by atoms with Crippen molar-refractivity contribution in [3.63, 3.8) is 0 Å². The molecule has 2 heterocycles. The number of ether oxygens (including phenoxy) is 2. The van der Waals surface area contributed by atoms with Crippen molar-refractivity contribution in [2.75, 3.05) is 32.1 Å². The van der Waals surface area contributed by atoms with Crippen LogP contribution in [0.2, 0.25) is 0 Å². The average molecular weight is 368 g/mol. The van der Waals surface area contributed by atoms with Gasteiger partial charge in [-0.05, 0) is 26.0 Å². The Balaban J connectivity index is 1.62. The van der Waals surface area contributed by atoms with Crippen molar-refractivity contribution in [2.45, 2.75) is 26.0 Å². The van der Waals surface area contributed by atoms with E-state index in [1.165, 1.54) is 0 Å². The Morgan fingerprint density at radius 2 is 2.07 bits per heavy atom. The number of hydrogen-bond donors (Lipinski definition) is 1. The number of nitrogens with zero attached hydrogens (tertiary/aromatic N) is 1. The van der Waals surface area contributed by atoms with Gasteiger partial charge in [-0.25, -0.2) is 0 Å². The molecule has 1 aliphatic rings. The van der Waals surface area contributed by atoms with Gasteiger partial charge in [-0.3, -0.25) is 9.69 Å². The number of carbonyl (C=O) groups is 1. The van der Waals surface area contributed by atoms with Gasteiger partial charge in [0.2, 0.25) is 5.91 Å². The molecular formula is C21H24N2O4. The van der Waals surface area contributed by atoms with Crippen molar-refractivity contribution >= 4 is 33.5 Å². The van der Waals surface area contributed by atoms with Crippen LogP contribution in [0, 0.1) is 0 Å². The Morgan fingerprint density at radius 3 is 2.85 bits per heavy atom. The van der Waals surface area contributed by atoms with Crippen LogP contribution in [-0.4, -0.2) is 49.8 Å². The topological polar surface area (TPSA) is 63.9 Å². The summed E-state index contributed by atoms with van der Waals surface area (Å²) in [5, 5.41) is 5.00. The Bertz CT molecular complexity index is 981. The second-order valence-corrected chi connectivity index (χ2v) is 6.99. The number of anilines is 1. The molecule has 1 amide bonds. The van der Waals surface area contributed by atoms with E-state index < -0.39 is 0 Å². The van der Waals surface area contributed by atoms with Crippen LogP contribution in [0.25, 0.3) is 21.9 Å². The summed E-state index contributed by atoms with van der Waals surface area (Å²) >= 11 is 0. The van der Waals surface area contributed by atoms with E-state index in [9.17, 15) is 4.79 Å². The maximum absolute atomic E-state index is 12.8. The van der Waals surface area contributed by atoms with E-state index in [1.807, 2.05) is 50.2 Å². The number of fused-ring (bicyclic) bond motifs is 3. The molecule has 27 heavy (non-hydrogen) atoms. The predicted octanol–water partition coefficient (Wildman–Crippen LogP) is 3.64. The lowest BCUT2D eigenvalue weighted by atomic mass is 10.1. The number of morpholine rings is 1. The highest BCUT2D eigenvalue weighted by Gasteiger charge is 2.26. The van der Waals surface area contributed by atoms with Gasteiger partial charge in [0.25, 0.3) is 0 Å². The van der Waals surface area contributed by atoms with Crippen LogP contribution in [-0.2, 0) is 9.53 Å². The third-order valence-corrected chi connectivity index (χ3v) is 5.16. The summed E-state index contributed by atoms with van der Waals surface area (Å²) in [5.74, 6) is 0.544. The summed E-state index contributed by atoms with van der Waals surface area (Å²) in [4.78, 5) is 14.9. The molecule has 3 aromatic rings. The molecule has 0 aliphatic carbocycles. The van der Waals surface area contributed by atoms with Gasteiger partial charge < -0.3 is 19.2 Å². The van der Waals surface area contributed by atoms with Gasteiger partial charge in [0.15, 0.2) is 0 Å². The molecule has 0 saturated carbocycles. The minimum atomic E-state index is -0.257. The van der Waals surface area contributed by atoms with Gasteiger partial charge in [-0.2, -0.15) is 0 Å². The number of nitrogens with one attached hydrogen (secondary N) is 1. The molecular weight excluding hydrogens is 344 g/mol. The van der Waals surface area contributed by atoms with E-state index in [0.717, 1.165) is 35.0 Å². The first-order valence-electron chi connectivity index (χ1n) is 9.22. The van der Waals surface area contributed by atoms with Crippen LogP contribution in [0.1, 0.15) is 13.8 Å². The quantitative estimate of drug-likeness (QED) is 0.762. The average Bonchev–Trinajstić information content (AvgIpc) is 3.04. The zero-order chi connectivity index (χ0) is 19.0. The van der Waals surface area contributed by atoms with Crippen molar-refractivity contribution in [2.24, 2.45) is 0 Å². The molecule has 1 aromatic heterocycles. The molecule has 142 valence electrons. The van der Waals surface area contributed by atoms with Crippen LogP contribution < -0.4 is 10.1 Å². The Labute approximate surface area is 158 Å². The largest absolute Gasteiger partial charge is 0.495 e. The summed E-state index contributed by atoms with van der Waals surface area (Å²) in [5.41, 5.74) is 2.15. The summed E-state index contributed by atoms with van der Waals surface area (Å²) in [6, 6.07) is 11.4. The second-order valence-electron chi connectivity index (χ2n) is 6.99. The lowest BCUT2D eigenvalue weighted by Crippen LogP contribution is -2.50. The smallest absolute Gasteiger partial charge is 0.241 e. The number of carbonyl (C=O) groups excluding carboxylic acids is 1. The Hall–Kier alpha value is -2.57. The van der Waals surface area contributed by atoms with E-state index in [-0.39, 0.29) is 18.1 Å². The highest BCUT2D eigenvalue weighted by Crippen LogP contribution is 2.36. The number of amides is 1. The SMILES string of the molecule is COc1cc2c(cc1NC(=O)[C@@H](C)N1CCO[C@H](C)C1)oc1ccccc12. The first-order chi connectivity index (χ1) is 13.1. The normalized spacial score (nSPS) is 19.3. The zero-order valence-electron chi connectivity index (χ0n) is 15.8. The maximum atomic E-state index is 12.8. The fraction of sp³-hybridized carbons (Fsp3) is 0.381. The summed E-state index contributed by atoms with van der Waals surface area (Å²) in [6.07, 6.45) is 0.135. The first kappa shape index (κ1) is 17.8. The van der Waals surface area contributed by atoms with Crippen LogP contribution in [0.3, 0.4) is 0 Å². The Kier molecular flexibility index (Phi) is 4.76. The summed E-state index contributed by atoms with van der Waals surface area (Å²) in [6.45, 7) is 6.08. The molecule has 1 fully saturated rings. The molecule has 1 aliphatic heterocycles. The number of methoxy groups -OCH3 is 1. The minimum absolute atomic E-state index is 0.0714. The molecule has 1 saturated heterocycles. The van der Waals surface area contributed by atoms with Crippen LogP contribution in [0.15, 0.2) is 40.8 Å². The van der Waals surface area contributed by atoms with Crippen LogP contribution in [0.4, 0.5) is 5.69 Å². The molecule has 2 aromatic carbocycles. The molecule has 6 heteroatoms. The first-order valence-corrected chi connectivity index (χ1v) is 9.22. The predicted molar refractivity (Wildman–Crippen MR) is 105 cm³/mol. The lowest BCUT2D eigenvalue weighted by Gasteiger charge is -2.34. The number of benzene rings is 2. The van der Waals surface area contributed by atoms with E-state index in [0.29, 0.717) is 18.0 Å². The van der Waals surface area contributed by atoms with Crippen molar-refractivity contribution in [3.05, 3.63) is 36.4 Å². The van der Waals surface area contributed by atoms with E-state index >= 15 is 0 Å². The Morgan fingerprint density at radius 1 is 1.26 bits per heavy atom. The third kappa shape index (κ3) is 3.38. The molecule has 0 unspecified atom stereocenters. The van der Waals surface area contributed by atoms with Crippen molar-refractivity contribution < 1.29 is 18.7 Å². The number of hydrogen-bond acceptors (Lipinski definition) is 5. The number of rotatable bonds is 4. The van der Waals surface area contributed by atoms with Crippen molar-refractivity contribution in [1.82, 2.24) is 4.90 Å². The molecule has 4 rings (SSSR count). The maximum Gasteiger partial charge on any atom is 0.241 e. The van der Waals surface area contributed by atoms with Crippen molar-refractivity contribution in [3.8, 4) is 5.75 Å². The fourth-order valence-electron chi connectivity index (χ4n) is 3.62. The van der Waals surface area contributed by atoms with E-state index in [1.54, 1.807) is 7.11 Å². The monoisotopic (exact) mass is 368 g/mol. The molecule has 1 N–H and O–H groups in total. The van der Waals surface area contributed by atoms with E-state index in [4.69, 9.17) is 13.9 Å². The zero-order valence-corrected chi connectivity index (χ0v) is 15.8. The lowest BCUT2D eigenvalue weighted by molar-refractivity contribution is -0.123. The van der Waals surface area contributed by atoms with E-state index in [2.05, 4.69) is 10.2 Å².